The average Bonchev–Trinajstić information content (AvgIpc) is 2.76. The van der Waals surface area contributed by atoms with E-state index in [0.717, 1.165) is 18.2 Å². The highest BCUT2D eigenvalue weighted by atomic mass is 32.1. The van der Waals surface area contributed by atoms with Crippen molar-refractivity contribution < 1.29 is 0 Å². The van der Waals surface area contributed by atoms with Crippen molar-refractivity contribution in [2.24, 2.45) is 0 Å². The fourth-order valence-corrected chi connectivity index (χ4v) is 2.80. The molecule has 0 spiro atoms. The smallest absolute Gasteiger partial charge is 0.182 e. The molecule has 3 nitrogen and oxygen atoms in total. The molecule has 18 heavy (non-hydrogen) atoms. The van der Waals surface area contributed by atoms with Gasteiger partial charge < -0.3 is 5.32 Å². The average molecular weight is 269 g/mol. The molecule has 4 heteroatoms. The SMILES string of the molecule is CCCCCN(Cc1cnc(NCC)s1)C(C)C. The largest absolute Gasteiger partial charge is 0.362 e. The van der Waals surface area contributed by atoms with Gasteiger partial charge in [-0.05, 0) is 33.7 Å². The number of hydrogen-bond acceptors (Lipinski definition) is 4. The number of thiazole rings is 1. The minimum atomic E-state index is 0.603. The van der Waals surface area contributed by atoms with E-state index in [1.807, 2.05) is 6.20 Å². The molecular formula is C14H27N3S. The Morgan fingerprint density at radius 3 is 2.72 bits per heavy atom. The number of nitrogens with zero attached hydrogens (tertiary/aromatic N) is 2. The van der Waals surface area contributed by atoms with Gasteiger partial charge in [-0.2, -0.15) is 0 Å². The highest BCUT2D eigenvalue weighted by Gasteiger charge is 2.11. The van der Waals surface area contributed by atoms with E-state index in [2.05, 4.69) is 42.9 Å². The van der Waals surface area contributed by atoms with E-state index in [4.69, 9.17) is 0 Å². The molecule has 1 N–H and O–H groups in total. The molecule has 1 aromatic heterocycles. The lowest BCUT2D eigenvalue weighted by atomic mass is 10.2. The van der Waals surface area contributed by atoms with Gasteiger partial charge >= 0.3 is 0 Å². The number of unbranched alkanes of at least 4 members (excludes halogenated alkanes) is 2. The van der Waals surface area contributed by atoms with E-state index in [0.29, 0.717) is 6.04 Å². The molecule has 0 bridgehead atoms. The summed E-state index contributed by atoms with van der Waals surface area (Å²) in [5, 5.41) is 4.32. The van der Waals surface area contributed by atoms with Crippen molar-refractivity contribution in [2.45, 2.75) is 59.5 Å². The minimum Gasteiger partial charge on any atom is -0.362 e. The second-order valence-corrected chi connectivity index (χ2v) is 6.05. The summed E-state index contributed by atoms with van der Waals surface area (Å²) >= 11 is 1.78. The van der Waals surface area contributed by atoms with E-state index in [9.17, 15) is 0 Å². The molecular weight excluding hydrogens is 242 g/mol. The molecule has 0 atom stereocenters. The summed E-state index contributed by atoms with van der Waals surface area (Å²) in [5.41, 5.74) is 0. The lowest BCUT2D eigenvalue weighted by Crippen LogP contribution is -2.31. The van der Waals surface area contributed by atoms with Crippen molar-refractivity contribution in [3.63, 3.8) is 0 Å². The Morgan fingerprint density at radius 2 is 2.11 bits per heavy atom. The predicted octanol–water partition coefficient (Wildman–Crippen LogP) is 3.98. The van der Waals surface area contributed by atoms with Gasteiger partial charge in [0.15, 0.2) is 5.13 Å². The van der Waals surface area contributed by atoms with Crippen molar-refractivity contribution >= 4 is 16.5 Å². The van der Waals surface area contributed by atoms with E-state index in [1.165, 1.54) is 30.7 Å². The summed E-state index contributed by atoms with van der Waals surface area (Å²) in [7, 11) is 0. The first kappa shape index (κ1) is 15.4. The first-order chi connectivity index (χ1) is 8.67. The van der Waals surface area contributed by atoms with E-state index < -0.39 is 0 Å². The van der Waals surface area contributed by atoms with Crippen molar-refractivity contribution in [1.29, 1.82) is 0 Å². The Bertz CT molecular complexity index is 323. The number of rotatable bonds is 9. The second kappa shape index (κ2) is 8.48. The van der Waals surface area contributed by atoms with Crippen molar-refractivity contribution in [1.82, 2.24) is 9.88 Å². The Balaban J connectivity index is 2.48. The molecule has 1 aromatic rings. The fraction of sp³-hybridized carbons (Fsp3) is 0.786. The van der Waals surface area contributed by atoms with E-state index >= 15 is 0 Å². The maximum absolute atomic E-state index is 4.40. The van der Waals surface area contributed by atoms with Crippen LogP contribution in [0.1, 0.15) is 51.8 Å². The molecule has 0 aliphatic rings. The van der Waals surface area contributed by atoms with Crippen LogP contribution in [-0.4, -0.2) is 29.0 Å². The maximum atomic E-state index is 4.40. The van der Waals surface area contributed by atoms with Crippen LogP contribution >= 0.6 is 11.3 Å². The Kier molecular flexibility index (Phi) is 7.28. The number of nitrogens with one attached hydrogen (secondary N) is 1. The molecule has 0 amide bonds. The molecule has 0 aromatic carbocycles. The quantitative estimate of drug-likeness (QED) is 0.687. The van der Waals surface area contributed by atoms with E-state index in [1.54, 1.807) is 11.3 Å². The monoisotopic (exact) mass is 269 g/mol. The summed E-state index contributed by atoms with van der Waals surface area (Å²) in [6, 6.07) is 0.603. The summed E-state index contributed by atoms with van der Waals surface area (Å²) in [4.78, 5) is 8.29. The normalized spacial score (nSPS) is 11.4. The van der Waals surface area contributed by atoms with Gasteiger partial charge in [0.05, 0.1) is 0 Å². The standard InChI is InChI=1S/C14H27N3S/c1-5-7-8-9-17(12(3)4)11-13-10-16-14(18-13)15-6-2/h10,12H,5-9,11H2,1-4H3,(H,15,16). The third-order valence-electron chi connectivity index (χ3n) is 3.02. The summed E-state index contributed by atoms with van der Waals surface area (Å²) < 4.78 is 0. The number of hydrogen-bond donors (Lipinski definition) is 1. The molecule has 0 aliphatic heterocycles. The molecule has 0 saturated carbocycles. The Hall–Kier alpha value is -0.610. The second-order valence-electron chi connectivity index (χ2n) is 4.93. The van der Waals surface area contributed by atoms with Crippen LogP contribution in [0, 0.1) is 0 Å². The fourth-order valence-electron chi connectivity index (χ4n) is 1.90. The van der Waals surface area contributed by atoms with Crippen molar-refractivity contribution in [3.05, 3.63) is 11.1 Å². The van der Waals surface area contributed by atoms with Gasteiger partial charge in [-0.1, -0.05) is 19.8 Å². The van der Waals surface area contributed by atoms with Gasteiger partial charge in [0.25, 0.3) is 0 Å². The summed E-state index contributed by atoms with van der Waals surface area (Å²) in [6.45, 7) is 12.1. The van der Waals surface area contributed by atoms with Gasteiger partial charge in [-0.25, -0.2) is 4.98 Å². The van der Waals surface area contributed by atoms with Crippen LogP contribution in [0.25, 0.3) is 0 Å². The molecule has 0 fully saturated rings. The first-order valence-corrected chi connectivity index (χ1v) is 7.91. The van der Waals surface area contributed by atoms with Crippen LogP contribution in [0.15, 0.2) is 6.20 Å². The molecule has 0 radical (unpaired) electrons. The summed E-state index contributed by atoms with van der Waals surface area (Å²) in [6.07, 6.45) is 5.93. The van der Waals surface area contributed by atoms with Crippen molar-refractivity contribution in [3.8, 4) is 0 Å². The maximum Gasteiger partial charge on any atom is 0.182 e. The van der Waals surface area contributed by atoms with Crippen LogP contribution in [0.3, 0.4) is 0 Å². The molecule has 104 valence electrons. The predicted molar refractivity (Wildman–Crippen MR) is 81.3 cm³/mol. The molecule has 0 saturated heterocycles. The van der Waals surface area contributed by atoms with Gasteiger partial charge in [0, 0.05) is 30.2 Å². The zero-order chi connectivity index (χ0) is 13.4. The third kappa shape index (κ3) is 5.36. The van der Waals surface area contributed by atoms with Crippen LogP contribution in [0.4, 0.5) is 5.13 Å². The Morgan fingerprint density at radius 1 is 1.33 bits per heavy atom. The minimum absolute atomic E-state index is 0.603. The van der Waals surface area contributed by atoms with E-state index in [-0.39, 0.29) is 0 Å². The van der Waals surface area contributed by atoms with Gasteiger partial charge in [-0.3, -0.25) is 4.90 Å². The molecule has 1 heterocycles. The van der Waals surface area contributed by atoms with Crippen molar-refractivity contribution in [2.75, 3.05) is 18.4 Å². The molecule has 0 aliphatic carbocycles. The number of anilines is 1. The van der Waals surface area contributed by atoms with Crippen LogP contribution in [-0.2, 0) is 6.54 Å². The summed E-state index contributed by atoms with van der Waals surface area (Å²) in [5.74, 6) is 0. The van der Waals surface area contributed by atoms with Crippen LogP contribution < -0.4 is 5.32 Å². The van der Waals surface area contributed by atoms with Gasteiger partial charge in [0.1, 0.15) is 0 Å². The first-order valence-electron chi connectivity index (χ1n) is 7.10. The lowest BCUT2D eigenvalue weighted by molar-refractivity contribution is 0.210. The zero-order valence-electron chi connectivity index (χ0n) is 12.2. The topological polar surface area (TPSA) is 28.2 Å². The van der Waals surface area contributed by atoms with Crippen LogP contribution in [0.2, 0.25) is 0 Å². The lowest BCUT2D eigenvalue weighted by Gasteiger charge is -2.25. The highest BCUT2D eigenvalue weighted by Crippen LogP contribution is 2.20. The van der Waals surface area contributed by atoms with Gasteiger partial charge in [0.2, 0.25) is 0 Å². The van der Waals surface area contributed by atoms with Gasteiger partial charge in [-0.15, -0.1) is 11.3 Å². The zero-order valence-corrected chi connectivity index (χ0v) is 13.0. The number of aromatic nitrogens is 1. The highest BCUT2D eigenvalue weighted by molar-refractivity contribution is 7.15. The van der Waals surface area contributed by atoms with Crippen LogP contribution in [0.5, 0.6) is 0 Å². The molecule has 0 unspecified atom stereocenters. The third-order valence-corrected chi connectivity index (χ3v) is 3.96. The Labute approximate surface area is 116 Å². The molecule has 1 rings (SSSR count).